The first-order chi connectivity index (χ1) is 13.3. The molecule has 28 heavy (non-hydrogen) atoms. The molecular formula is C28H46. The van der Waals surface area contributed by atoms with Crippen LogP contribution in [0.1, 0.15) is 106 Å². The molecule has 0 aromatic heterocycles. The summed E-state index contributed by atoms with van der Waals surface area (Å²) in [5.74, 6) is 5.75. The molecule has 0 heteroatoms. The highest BCUT2D eigenvalue weighted by Crippen LogP contribution is 2.67. The van der Waals surface area contributed by atoms with E-state index in [0.717, 1.165) is 35.5 Å². The van der Waals surface area contributed by atoms with E-state index in [4.69, 9.17) is 0 Å². The lowest BCUT2D eigenvalue weighted by molar-refractivity contribution is -0.0548. The molecule has 0 N–H and O–H groups in total. The van der Waals surface area contributed by atoms with E-state index >= 15 is 0 Å². The Bertz CT molecular complexity index is 636. The Balaban J connectivity index is 1.49. The zero-order chi connectivity index (χ0) is 20.1. The van der Waals surface area contributed by atoms with Crippen LogP contribution in [0.4, 0.5) is 0 Å². The second-order valence-corrected chi connectivity index (χ2v) is 12.2. The van der Waals surface area contributed by atoms with Gasteiger partial charge in [-0.25, -0.2) is 0 Å². The molecule has 0 aliphatic heterocycles. The highest BCUT2D eigenvalue weighted by atomic mass is 14.6. The van der Waals surface area contributed by atoms with E-state index < -0.39 is 0 Å². The second kappa shape index (κ2) is 7.63. The van der Waals surface area contributed by atoms with Crippen molar-refractivity contribution in [3.63, 3.8) is 0 Å². The summed E-state index contributed by atoms with van der Waals surface area (Å²) in [6.45, 7) is 15.0. The van der Waals surface area contributed by atoms with Crippen molar-refractivity contribution < 1.29 is 0 Å². The van der Waals surface area contributed by atoms with Crippen molar-refractivity contribution in [2.24, 2.45) is 46.3 Å². The fourth-order valence-electron chi connectivity index (χ4n) is 8.58. The summed E-state index contributed by atoms with van der Waals surface area (Å²) < 4.78 is 0. The van der Waals surface area contributed by atoms with Gasteiger partial charge in [-0.05, 0) is 98.2 Å². The monoisotopic (exact) mass is 382 g/mol. The van der Waals surface area contributed by atoms with Crippen molar-refractivity contribution in [2.45, 2.75) is 106 Å². The third-order valence-electron chi connectivity index (χ3n) is 10.2. The maximum Gasteiger partial charge on any atom is -0.00475 e. The van der Waals surface area contributed by atoms with Gasteiger partial charge in [0.1, 0.15) is 0 Å². The molecule has 0 unspecified atom stereocenters. The van der Waals surface area contributed by atoms with Crippen molar-refractivity contribution in [3.05, 3.63) is 23.3 Å². The molecule has 7 atom stereocenters. The van der Waals surface area contributed by atoms with E-state index in [2.05, 4.69) is 53.7 Å². The van der Waals surface area contributed by atoms with Gasteiger partial charge in [-0.15, -0.1) is 0 Å². The van der Waals surface area contributed by atoms with Crippen molar-refractivity contribution in [2.75, 3.05) is 0 Å². The molecule has 4 aliphatic carbocycles. The molecule has 0 radical (unpaired) electrons. The maximum absolute atomic E-state index is 2.73. The molecule has 0 aromatic rings. The van der Waals surface area contributed by atoms with Crippen LogP contribution in [0.15, 0.2) is 23.3 Å². The first kappa shape index (κ1) is 20.7. The van der Waals surface area contributed by atoms with Crippen LogP contribution in [0.3, 0.4) is 0 Å². The first-order valence-electron chi connectivity index (χ1n) is 12.6. The summed E-state index contributed by atoms with van der Waals surface area (Å²) in [5.41, 5.74) is 4.43. The van der Waals surface area contributed by atoms with Gasteiger partial charge in [0, 0.05) is 0 Å². The Hall–Kier alpha value is -0.520. The molecule has 4 aliphatic rings. The number of hydrogen-bond acceptors (Lipinski definition) is 0. The minimum atomic E-state index is 0.477. The van der Waals surface area contributed by atoms with Gasteiger partial charge in [0.2, 0.25) is 0 Å². The van der Waals surface area contributed by atoms with Crippen LogP contribution in [0.2, 0.25) is 0 Å². The molecule has 0 bridgehead atoms. The topological polar surface area (TPSA) is 0 Å². The Morgan fingerprint density at radius 3 is 2.54 bits per heavy atom. The van der Waals surface area contributed by atoms with Gasteiger partial charge >= 0.3 is 0 Å². The summed E-state index contributed by atoms with van der Waals surface area (Å²) in [7, 11) is 0. The summed E-state index contributed by atoms with van der Waals surface area (Å²) in [4.78, 5) is 0. The summed E-state index contributed by atoms with van der Waals surface area (Å²) >= 11 is 0. The molecular weight excluding hydrogens is 336 g/mol. The van der Waals surface area contributed by atoms with Crippen LogP contribution in [-0.2, 0) is 0 Å². The maximum atomic E-state index is 2.73. The predicted molar refractivity (Wildman–Crippen MR) is 122 cm³/mol. The Morgan fingerprint density at radius 1 is 1.00 bits per heavy atom. The fourth-order valence-corrected chi connectivity index (χ4v) is 8.58. The van der Waals surface area contributed by atoms with Crippen molar-refractivity contribution in [3.8, 4) is 0 Å². The zero-order valence-electron chi connectivity index (χ0n) is 19.7. The van der Waals surface area contributed by atoms with E-state index in [0.29, 0.717) is 10.8 Å². The third-order valence-corrected chi connectivity index (χ3v) is 10.2. The van der Waals surface area contributed by atoms with Crippen LogP contribution in [0.5, 0.6) is 0 Å². The summed E-state index contributed by atoms with van der Waals surface area (Å²) in [5, 5.41) is 0. The van der Waals surface area contributed by atoms with E-state index in [1.165, 1.54) is 69.8 Å². The number of allylic oxidation sites excluding steroid dienone is 4. The Kier molecular flexibility index (Phi) is 5.65. The van der Waals surface area contributed by atoms with Crippen molar-refractivity contribution in [1.29, 1.82) is 0 Å². The average Bonchev–Trinajstić information content (AvgIpc) is 2.99. The minimum absolute atomic E-state index is 0.477. The van der Waals surface area contributed by atoms with E-state index in [1.807, 2.05) is 0 Å². The zero-order valence-corrected chi connectivity index (χ0v) is 19.7. The standard InChI is InChI=1S/C28H46/c1-19(2)8-7-9-21(4)24-12-13-25-23-11-10-22-18-20(3)14-16-27(22,5)26(23)15-17-28(24,25)6/h14,18-19,21,23-26H,7-13,15-17H2,1-6H3/t21-,23+,24-,25+,26+,27+,28-/m1/s1. The van der Waals surface area contributed by atoms with E-state index in [1.54, 1.807) is 5.57 Å². The van der Waals surface area contributed by atoms with Gasteiger partial charge in [0.05, 0.1) is 0 Å². The lowest BCUT2D eigenvalue weighted by atomic mass is 9.46. The first-order valence-corrected chi connectivity index (χ1v) is 12.6. The molecule has 0 amide bonds. The number of rotatable bonds is 5. The van der Waals surface area contributed by atoms with Gasteiger partial charge < -0.3 is 0 Å². The summed E-state index contributed by atoms with van der Waals surface area (Å²) in [6.07, 6.45) is 19.6. The van der Waals surface area contributed by atoms with Gasteiger partial charge in [-0.3, -0.25) is 0 Å². The highest BCUT2D eigenvalue weighted by molar-refractivity contribution is 5.34. The molecule has 3 saturated carbocycles. The largest absolute Gasteiger partial charge is 0.0807 e. The molecule has 0 spiro atoms. The van der Waals surface area contributed by atoms with E-state index in [-0.39, 0.29) is 0 Å². The molecule has 0 nitrogen and oxygen atoms in total. The number of fused-ring (bicyclic) bond motifs is 5. The van der Waals surface area contributed by atoms with Crippen LogP contribution in [0, 0.1) is 46.3 Å². The summed E-state index contributed by atoms with van der Waals surface area (Å²) in [6, 6.07) is 0. The average molecular weight is 383 g/mol. The molecule has 0 heterocycles. The van der Waals surface area contributed by atoms with Gasteiger partial charge in [0.15, 0.2) is 0 Å². The lowest BCUT2D eigenvalue weighted by Crippen LogP contribution is -2.50. The third kappa shape index (κ3) is 3.35. The Labute approximate surface area is 175 Å². The van der Waals surface area contributed by atoms with Crippen LogP contribution >= 0.6 is 0 Å². The number of hydrogen-bond donors (Lipinski definition) is 0. The van der Waals surface area contributed by atoms with Crippen LogP contribution < -0.4 is 0 Å². The minimum Gasteiger partial charge on any atom is -0.0807 e. The quantitative estimate of drug-likeness (QED) is 0.446. The van der Waals surface area contributed by atoms with Crippen molar-refractivity contribution in [1.82, 2.24) is 0 Å². The van der Waals surface area contributed by atoms with E-state index in [9.17, 15) is 0 Å². The van der Waals surface area contributed by atoms with Gasteiger partial charge in [-0.2, -0.15) is 0 Å². The smallest absolute Gasteiger partial charge is 0.00475 e. The molecule has 0 saturated heterocycles. The lowest BCUT2D eigenvalue weighted by Gasteiger charge is -2.58. The highest BCUT2D eigenvalue weighted by Gasteiger charge is 2.59. The molecule has 158 valence electrons. The molecule has 3 fully saturated rings. The van der Waals surface area contributed by atoms with Gasteiger partial charge in [0.25, 0.3) is 0 Å². The second-order valence-electron chi connectivity index (χ2n) is 12.2. The normalized spacial score (nSPS) is 43.7. The SMILES string of the molecule is CC1=CC[C@@]2(C)C(=C1)CC[C@H]1[C@@H]3CC[C@H]([C@H](C)CCCC(C)C)[C@@]3(C)CC[C@@H]12. The van der Waals surface area contributed by atoms with Gasteiger partial charge in [-0.1, -0.05) is 77.2 Å². The Morgan fingerprint density at radius 2 is 1.79 bits per heavy atom. The molecule has 0 aromatic carbocycles. The predicted octanol–water partition coefficient (Wildman–Crippen LogP) is 8.58. The fraction of sp³-hybridized carbons (Fsp3) is 0.857. The molecule has 4 rings (SSSR count). The van der Waals surface area contributed by atoms with Crippen molar-refractivity contribution >= 4 is 0 Å². The van der Waals surface area contributed by atoms with Crippen LogP contribution in [-0.4, -0.2) is 0 Å². The van der Waals surface area contributed by atoms with Crippen LogP contribution in [0.25, 0.3) is 0 Å².